The Morgan fingerprint density at radius 2 is 2.89 bits per heavy atom. The van der Waals surface area contributed by atoms with Crippen LogP contribution in [0.3, 0.4) is 0 Å². The summed E-state index contributed by atoms with van der Waals surface area (Å²) in [5.74, 6) is 0. The summed E-state index contributed by atoms with van der Waals surface area (Å²) >= 11 is 0. The number of aliphatic hydroxyl groups excluding tert-OH is 2. The van der Waals surface area contributed by atoms with Crippen LogP contribution < -0.4 is 0 Å². The molecule has 0 saturated heterocycles. The molecule has 0 amide bonds. The van der Waals surface area contributed by atoms with Crippen LogP contribution in [0.1, 0.15) is 0 Å². The molecule has 9 heavy (non-hydrogen) atoms. The van der Waals surface area contributed by atoms with Gasteiger partial charge in [-0.05, 0) is 1.34 Å². The number of hydrogen-bond donors (Lipinski definition) is 2. The van der Waals surface area contributed by atoms with E-state index in [4.69, 9.17) is 17.2 Å². The fourth-order valence-electron chi connectivity index (χ4n) is 0.280. The van der Waals surface area contributed by atoms with Crippen LogP contribution in [0.5, 0.6) is 0 Å². The van der Waals surface area contributed by atoms with Gasteiger partial charge >= 0.3 is 0 Å². The highest BCUT2D eigenvalue weighted by atomic mass is 28.3. The van der Waals surface area contributed by atoms with Crippen molar-refractivity contribution < 1.29 is 14.6 Å². The largest absolute Gasteiger partial charge is 0.427 e. The molecule has 0 bridgehead atoms. The van der Waals surface area contributed by atoms with E-state index in [0.29, 0.717) is 0 Å². The third-order valence-electron chi connectivity index (χ3n) is 0.714. The average molecular weight is 150 g/mol. The smallest absolute Gasteiger partial charge is 0.129 e. The van der Waals surface area contributed by atoms with Crippen LogP contribution in [0.4, 0.5) is 0 Å². The molecule has 0 saturated carbocycles. The fourth-order valence-corrected chi connectivity index (χ4v) is 0.736. The van der Waals surface area contributed by atoms with Crippen molar-refractivity contribution >= 4 is 16.2 Å². The Labute approximate surface area is 60.3 Å². The normalized spacial score (nSPS) is 23.4. The minimum atomic E-state index is -2.74. The third-order valence-corrected chi connectivity index (χ3v) is 1.34. The lowest BCUT2D eigenvalue weighted by molar-refractivity contribution is 0.0543. The van der Waals surface area contributed by atoms with Gasteiger partial charge in [-0.1, -0.05) is 6.55 Å². The summed E-state index contributed by atoms with van der Waals surface area (Å²) in [7, 11) is -1.78. The van der Waals surface area contributed by atoms with Gasteiger partial charge in [0.15, 0.2) is 0 Å². The Morgan fingerprint density at radius 3 is 3.33 bits per heavy atom. The van der Waals surface area contributed by atoms with E-state index >= 15 is 0 Å². The van der Waals surface area contributed by atoms with Crippen molar-refractivity contribution in [3.05, 3.63) is 0 Å². The average Bonchev–Trinajstić information content (AvgIpc) is 2.00. The Morgan fingerprint density at radius 1 is 2.22 bits per heavy atom. The molecular weight excluding hydrogens is 135 g/mol. The van der Waals surface area contributed by atoms with Crippen molar-refractivity contribution in [3.63, 3.8) is 0 Å². The summed E-state index contributed by atoms with van der Waals surface area (Å²) in [5, 5.41) is 17.2. The minimum Gasteiger partial charge on any atom is -0.427 e. The van der Waals surface area contributed by atoms with Gasteiger partial charge in [0, 0.05) is 1.23 Å². The van der Waals surface area contributed by atoms with E-state index in [0.717, 1.165) is 7.40 Å². The first-order chi connectivity index (χ1) is 5.02. The zero-order chi connectivity index (χ0) is 8.91. The highest BCUT2D eigenvalue weighted by Crippen LogP contribution is 1.84. The molecule has 0 aromatic rings. The van der Waals surface area contributed by atoms with Crippen molar-refractivity contribution in [1.82, 2.24) is 0 Å². The molecule has 2 unspecified atom stereocenters. The van der Waals surface area contributed by atoms with Crippen LogP contribution >= 0.6 is 0 Å². The molecule has 0 aromatic carbocycles. The van der Waals surface area contributed by atoms with Crippen LogP contribution in [-0.2, 0) is 4.43 Å². The standard InChI is InChI=1S/C4H12BO3Si/c1-9(5)8-3-4(7)2-6/h4-7,9H,2-3H2,1H3/i5T,9D. The molecule has 0 rings (SSSR count). The van der Waals surface area contributed by atoms with Crippen molar-refractivity contribution in [2.45, 2.75) is 12.7 Å². The lowest BCUT2D eigenvalue weighted by Gasteiger charge is -2.09. The number of aliphatic hydroxyl groups is 2. The van der Waals surface area contributed by atoms with Gasteiger partial charge in [-0.15, -0.1) is 0 Å². The van der Waals surface area contributed by atoms with Gasteiger partial charge in [-0.3, -0.25) is 0 Å². The molecule has 3 nitrogen and oxygen atoms in total. The Hall–Kier alpha value is 0.162. The number of hydrogen-bond acceptors (Lipinski definition) is 3. The maximum atomic E-state index is 8.81. The predicted molar refractivity (Wildman–Crippen MR) is 39.2 cm³/mol. The lowest BCUT2D eigenvalue weighted by atomic mass is 10.4. The van der Waals surface area contributed by atoms with E-state index in [2.05, 4.69) is 0 Å². The molecule has 0 aliphatic heterocycles. The van der Waals surface area contributed by atoms with Crippen molar-refractivity contribution in [1.29, 1.82) is 2.57 Å². The van der Waals surface area contributed by atoms with Gasteiger partial charge in [0.1, 0.15) is 16.2 Å². The second-order valence-electron chi connectivity index (χ2n) is 1.76. The quantitative estimate of drug-likeness (QED) is 0.450. The van der Waals surface area contributed by atoms with Crippen molar-refractivity contribution in [2.75, 3.05) is 13.2 Å². The zero-order valence-electron chi connectivity index (χ0n) is 7.37. The summed E-state index contributed by atoms with van der Waals surface area (Å²) in [6.45, 7) is 1.07. The van der Waals surface area contributed by atoms with E-state index in [1.807, 2.05) is 0 Å². The first kappa shape index (κ1) is 5.91. The molecule has 1 radical (unpaired) electrons. The zero-order valence-corrected chi connectivity index (χ0v) is 6.37. The predicted octanol–water partition coefficient (Wildman–Crippen LogP) is -1.89. The van der Waals surface area contributed by atoms with Crippen LogP contribution in [0.15, 0.2) is 0 Å². The number of rotatable bonds is 5. The van der Waals surface area contributed by atoms with Crippen LogP contribution in [0, 0.1) is 0 Å². The fraction of sp³-hybridized carbons (Fsp3) is 1.00. The summed E-state index contributed by atoms with van der Waals surface area (Å²) in [6.07, 6.45) is -0.938. The first-order valence-electron chi connectivity index (χ1n) is 3.75. The van der Waals surface area contributed by atoms with Crippen LogP contribution in [0.25, 0.3) is 0 Å². The molecule has 2 atom stereocenters. The molecule has 0 aromatic heterocycles. The van der Waals surface area contributed by atoms with Gasteiger partial charge in [-0.2, -0.15) is 0 Å². The second kappa shape index (κ2) is 4.99. The molecule has 0 aliphatic rings. The molecule has 5 heteroatoms. The topological polar surface area (TPSA) is 49.7 Å². The Balaban J connectivity index is 3.52. The highest BCUT2D eigenvalue weighted by Gasteiger charge is 2.02. The van der Waals surface area contributed by atoms with E-state index in [-0.39, 0.29) is 13.2 Å². The molecule has 0 spiro atoms. The second-order valence-corrected chi connectivity index (χ2v) is 3.27. The Bertz CT molecular complexity index is 116. The maximum Gasteiger partial charge on any atom is 0.129 e. The van der Waals surface area contributed by atoms with Gasteiger partial charge < -0.3 is 14.6 Å². The molecule has 0 aliphatic carbocycles. The summed E-state index contributed by atoms with van der Waals surface area (Å²) < 4.78 is 19.0. The van der Waals surface area contributed by atoms with Gasteiger partial charge in [0.2, 0.25) is 0 Å². The van der Waals surface area contributed by atoms with Gasteiger partial charge in [0.25, 0.3) is 0 Å². The van der Waals surface area contributed by atoms with E-state index in [9.17, 15) is 0 Å². The third kappa shape index (κ3) is 6.04. The minimum absolute atomic E-state index is 0.0713. The SMILES string of the molecule is [2H][Si](C)([B][3H])OCC(O)CO. The molecule has 2 N–H and O–H groups in total. The molecule has 53 valence electrons. The summed E-state index contributed by atoms with van der Waals surface area (Å²) in [4.78, 5) is 0. The Kier molecular flexibility index (Phi) is 3.28. The van der Waals surface area contributed by atoms with Crippen LogP contribution in [0.2, 0.25) is 6.55 Å². The van der Waals surface area contributed by atoms with Crippen molar-refractivity contribution in [3.8, 4) is 0 Å². The summed E-state index contributed by atoms with van der Waals surface area (Å²) in [5.41, 5.74) is 0. The van der Waals surface area contributed by atoms with Gasteiger partial charge in [-0.25, -0.2) is 0 Å². The van der Waals surface area contributed by atoms with Gasteiger partial charge in [0.05, 0.1) is 19.3 Å². The van der Waals surface area contributed by atoms with Crippen molar-refractivity contribution in [2.24, 2.45) is 0 Å². The monoisotopic (exact) mass is 150 g/mol. The van der Waals surface area contributed by atoms with E-state index < -0.39 is 14.9 Å². The van der Waals surface area contributed by atoms with Crippen LogP contribution in [-0.4, -0.2) is 48.3 Å². The van der Waals surface area contributed by atoms with E-state index in [1.54, 1.807) is 0 Å². The maximum absolute atomic E-state index is 8.81. The molecule has 0 heterocycles. The summed E-state index contributed by atoms with van der Waals surface area (Å²) in [6, 6.07) is 0. The first-order valence-corrected chi connectivity index (χ1v) is 4.66. The molecule has 0 fully saturated rings. The molecular formula is C4H12BO3Si. The highest BCUT2D eigenvalue weighted by molar-refractivity contribution is 6.98. The lowest BCUT2D eigenvalue weighted by Crippen LogP contribution is -2.25. The van der Waals surface area contributed by atoms with E-state index in [1.165, 1.54) is 6.55 Å².